The summed E-state index contributed by atoms with van der Waals surface area (Å²) in [6.45, 7) is 4.47. The van der Waals surface area contributed by atoms with Crippen LogP contribution in [0.2, 0.25) is 0 Å². The fraction of sp³-hybridized carbons (Fsp3) is 0.438. The highest BCUT2D eigenvalue weighted by Crippen LogP contribution is 2.07. The highest BCUT2D eigenvalue weighted by Gasteiger charge is 1.96. The molecule has 0 fully saturated rings. The van der Waals surface area contributed by atoms with Crippen LogP contribution in [-0.4, -0.2) is 32.7 Å². The molecular formula is C16H25N3O. The Hall–Kier alpha value is -1.97. The number of aliphatic imine (C=N–C) groups is 1. The molecular weight excluding hydrogens is 250 g/mol. The molecule has 4 nitrogen and oxygen atoms in total. The van der Waals surface area contributed by atoms with Crippen LogP contribution in [0.4, 0.5) is 0 Å². The second-order valence-corrected chi connectivity index (χ2v) is 4.30. The minimum atomic E-state index is 0.701. The molecule has 20 heavy (non-hydrogen) atoms. The van der Waals surface area contributed by atoms with Crippen molar-refractivity contribution < 1.29 is 4.74 Å². The van der Waals surface area contributed by atoms with Gasteiger partial charge in [0, 0.05) is 20.1 Å². The fourth-order valence-electron chi connectivity index (χ4n) is 1.65. The summed E-state index contributed by atoms with van der Waals surface area (Å²) < 4.78 is 5.63. The van der Waals surface area contributed by atoms with Gasteiger partial charge in [-0.1, -0.05) is 30.4 Å². The van der Waals surface area contributed by atoms with E-state index in [4.69, 9.17) is 4.74 Å². The van der Waals surface area contributed by atoms with Gasteiger partial charge in [-0.2, -0.15) is 0 Å². The highest BCUT2D eigenvalue weighted by atomic mass is 16.5. The first-order chi connectivity index (χ1) is 9.86. The van der Waals surface area contributed by atoms with Crippen LogP contribution in [0.15, 0.2) is 47.5 Å². The topological polar surface area (TPSA) is 45.7 Å². The van der Waals surface area contributed by atoms with Crippen molar-refractivity contribution in [3.63, 3.8) is 0 Å². The van der Waals surface area contributed by atoms with Crippen molar-refractivity contribution in [2.45, 2.75) is 19.8 Å². The van der Waals surface area contributed by atoms with Gasteiger partial charge in [-0.25, -0.2) is 0 Å². The number of benzene rings is 1. The molecule has 2 N–H and O–H groups in total. The molecule has 1 aromatic carbocycles. The lowest BCUT2D eigenvalue weighted by Crippen LogP contribution is -2.38. The Kier molecular flexibility index (Phi) is 8.77. The zero-order valence-corrected chi connectivity index (χ0v) is 12.4. The van der Waals surface area contributed by atoms with Gasteiger partial charge in [-0.05, 0) is 31.9 Å². The third-order valence-corrected chi connectivity index (χ3v) is 2.69. The van der Waals surface area contributed by atoms with E-state index in [2.05, 4.69) is 27.8 Å². The zero-order chi connectivity index (χ0) is 14.5. The van der Waals surface area contributed by atoms with E-state index in [0.29, 0.717) is 6.61 Å². The van der Waals surface area contributed by atoms with Crippen molar-refractivity contribution in [2.75, 3.05) is 26.7 Å². The van der Waals surface area contributed by atoms with Crippen molar-refractivity contribution in [2.24, 2.45) is 4.99 Å². The second-order valence-electron chi connectivity index (χ2n) is 4.30. The van der Waals surface area contributed by atoms with Crippen molar-refractivity contribution in [1.29, 1.82) is 0 Å². The molecule has 1 rings (SSSR count). The van der Waals surface area contributed by atoms with Crippen LogP contribution in [-0.2, 0) is 0 Å². The van der Waals surface area contributed by atoms with Crippen molar-refractivity contribution in [3.8, 4) is 5.75 Å². The molecule has 0 aliphatic heterocycles. The second kappa shape index (κ2) is 10.9. The first kappa shape index (κ1) is 16.1. The fourth-order valence-corrected chi connectivity index (χ4v) is 1.65. The number of para-hydroxylation sites is 1. The summed E-state index contributed by atoms with van der Waals surface area (Å²) >= 11 is 0. The van der Waals surface area contributed by atoms with Crippen LogP contribution in [0.1, 0.15) is 19.8 Å². The van der Waals surface area contributed by atoms with Gasteiger partial charge in [-0.15, -0.1) is 0 Å². The molecule has 0 spiro atoms. The molecule has 0 amide bonds. The van der Waals surface area contributed by atoms with Gasteiger partial charge in [0.1, 0.15) is 5.75 Å². The van der Waals surface area contributed by atoms with Crippen LogP contribution < -0.4 is 15.4 Å². The standard InChI is InChI=1S/C16H25N3O/c1-3-4-8-12-18-16(17-2)19-13-9-14-20-15-10-6-5-7-11-15/h3-7,10-11H,8-9,12-14H2,1-2H3,(H2,17,18,19)/b4-3+. The van der Waals surface area contributed by atoms with Crippen molar-refractivity contribution in [3.05, 3.63) is 42.5 Å². The summed E-state index contributed by atoms with van der Waals surface area (Å²) in [4.78, 5) is 4.17. The van der Waals surface area contributed by atoms with Gasteiger partial charge >= 0.3 is 0 Å². The van der Waals surface area contributed by atoms with E-state index in [1.54, 1.807) is 7.05 Å². The molecule has 0 heterocycles. The van der Waals surface area contributed by atoms with Crippen LogP contribution >= 0.6 is 0 Å². The maximum Gasteiger partial charge on any atom is 0.190 e. The molecule has 0 saturated heterocycles. The van der Waals surface area contributed by atoms with Gasteiger partial charge in [-0.3, -0.25) is 4.99 Å². The highest BCUT2D eigenvalue weighted by molar-refractivity contribution is 5.79. The smallest absolute Gasteiger partial charge is 0.190 e. The van der Waals surface area contributed by atoms with Gasteiger partial charge < -0.3 is 15.4 Å². The van der Waals surface area contributed by atoms with Crippen LogP contribution in [0.5, 0.6) is 5.75 Å². The molecule has 0 bridgehead atoms. The van der Waals surface area contributed by atoms with Crippen LogP contribution in [0.3, 0.4) is 0 Å². The van der Waals surface area contributed by atoms with Gasteiger partial charge in [0.05, 0.1) is 6.61 Å². The Morgan fingerprint density at radius 2 is 1.95 bits per heavy atom. The number of allylic oxidation sites excluding steroid dienone is 1. The minimum absolute atomic E-state index is 0.701. The predicted molar refractivity (Wildman–Crippen MR) is 85.3 cm³/mol. The summed E-state index contributed by atoms with van der Waals surface area (Å²) in [5, 5.41) is 6.53. The van der Waals surface area contributed by atoms with E-state index in [1.165, 1.54) is 0 Å². The third kappa shape index (κ3) is 7.46. The van der Waals surface area contributed by atoms with E-state index in [1.807, 2.05) is 37.3 Å². The van der Waals surface area contributed by atoms with Crippen LogP contribution in [0, 0.1) is 0 Å². The van der Waals surface area contributed by atoms with Gasteiger partial charge in [0.2, 0.25) is 0 Å². The summed E-state index contributed by atoms with van der Waals surface area (Å²) in [6, 6.07) is 9.87. The Morgan fingerprint density at radius 3 is 2.65 bits per heavy atom. The average Bonchev–Trinajstić information content (AvgIpc) is 2.50. The van der Waals surface area contributed by atoms with E-state index >= 15 is 0 Å². The zero-order valence-electron chi connectivity index (χ0n) is 12.4. The minimum Gasteiger partial charge on any atom is -0.494 e. The third-order valence-electron chi connectivity index (χ3n) is 2.69. The average molecular weight is 275 g/mol. The number of hydrogen-bond donors (Lipinski definition) is 2. The van der Waals surface area contributed by atoms with Gasteiger partial charge in [0.25, 0.3) is 0 Å². The molecule has 0 saturated carbocycles. The predicted octanol–water partition coefficient (Wildman–Crippen LogP) is 2.59. The molecule has 0 aromatic heterocycles. The van der Waals surface area contributed by atoms with Gasteiger partial charge in [0.15, 0.2) is 5.96 Å². The number of ether oxygens (including phenoxy) is 1. The molecule has 0 radical (unpaired) electrons. The Balaban J connectivity index is 2.07. The van der Waals surface area contributed by atoms with E-state index in [9.17, 15) is 0 Å². The number of hydrogen-bond acceptors (Lipinski definition) is 2. The maximum absolute atomic E-state index is 5.63. The maximum atomic E-state index is 5.63. The molecule has 0 atom stereocenters. The summed E-state index contributed by atoms with van der Waals surface area (Å²) in [7, 11) is 1.78. The first-order valence-corrected chi connectivity index (χ1v) is 7.10. The molecule has 110 valence electrons. The first-order valence-electron chi connectivity index (χ1n) is 7.10. The summed E-state index contributed by atoms with van der Waals surface area (Å²) in [5.74, 6) is 1.76. The van der Waals surface area contributed by atoms with E-state index < -0.39 is 0 Å². The lowest BCUT2D eigenvalue weighted by Gasteiger charge is -2.11. The number of nitrogens with one attached hydrogen (secondary N) is 2. The molecule has 0 aliphatic carbocycles. The largest absolute Gasteiger partial charge is 0.494 e. The Bertz CT molecular complexity index is 401. The molecule has 0 unspecified atom stereocenters. The number of nitrogens with zero attached hydrogens (tertiary/aromatic N) is 1. The number of rotatable bonds is 8. The van der Waals surface area contributed by atoms with E-state index in [-0.39, 0.29) is 0 Å². The van der Waals surface area contributed by atoms with Crippen molar-refractivity contribution in [1.82, 2.24) is 10.6 Å². The summed E-state index contributed by atoms with van der Waals surface area (Å²) in [6.07, 6.45) is 6.13. The molecule has 0 aliphatic rings. The summed E-state index contributed by atoms with van der Waals surface area (Å²) in [5.41, 5.74) is 0. The van der Waals surface area contributed by atoms with E-state index in [0.717, 1.165) is 37.6 Å². The lowest BCUT2D eigenvalue weighted by molar-refractivity contribution is 0.311. The molecule has 4 heteroatoms. The normalized spacial score (nSPS) is 11.6. The SMILES string of the molecule is C/C=C/CCNC(=NC)NCCCOc1ccccc1. The molecule has 1 aromatic rings. The quantitative estimate of drug-likeness (QED) is 0.332. The van der Waals surface area contributed by atoms with Crippen LogP contribution in [0.25, 0.3) is 0 Å². The van der Waals surface area contributed by atoms with Crippen molar-refractivity contribution >= 4 is 5.96 Å². The number of guanidine groups is 1. The Morgan fingerprint density at radius 1 is 1.20 bits per heavy atom. The monoisotopic (exact) mass is 275 g/mol. The Labute approximate surface area is 121 Å². The lowest BCUT2D eigenvalue weighted by atomic mass is 10.3.